The molecule has 1 aromatic rings. The molecule has 0 spiro atoms. The number of halogens is 2. The Hall–Kier alpha value is -0.940. The van der Waals surface area contributed by atoms with Gasteiger partial charge in [-0.1, -0.05) is 0 Å². The monoisotopic (exact) mass is 267 g/mol. The predicted molar refractivity (Wildman–Crippen MR) is 71.6 cm³/mol. The minimum atomic E-state index is 0. The van der Waals surface area contributed by atoms with Crippen molar-refractivity contribution in [2.45, 2.75) is 19.3 Å². The number of hydrogen-bond donors (Lipinski definition) is 3. The number of rotatable bonds is 5. The van der Waals surface area contributed by atoms with Gasteiger partial charge in [0.25, 0.3) is 0 Å². The molecule has 0 atom stereocenters. The molecular weight excluding hydrogens is 249 g/mol. The van der Waals surface area contributed by atoms with Crippen LogP contribution in [0.25, 0.3) is 0 Å². The highest BCUT2D eigenvalue weighted by Crippen LogP contribution is 1.98. The van der Waals surface area contributed by atoms with E-state index in [-0.39, 0.29) is 24.8 Å². The second kappa shape index (κ2) is 10.6. The highest BCUT2D eigenvalue weighted by atomic mass is 35.5. The molecule has 0 aliphatic rings. The number of imidazole rings is 1. The van der Waals surface area contributed by atoms with E-state index in [9.17, 15) is 0 Å². The number of unbranched alkanes of at least 4 members (excludes halogenated alkanes) is 1. The van der Waals surface area contributed by atoms with Gasteiger partial charge in [0.15, 0.2) is 5.96 Å². The molecular formula is C9H19Cl2N5. The Morgan fingerprint density at radius 1 is 1.50 bits per heavy atom. The van der Waals surface area contributed by atoms with Gasteiger partial charge in [0.2, 0.25) is 0 Å². The summed E-state index contributed by atoms with van der Waals surface area (Å²) >= 11 is 0. The van der Waals surface area contributed by atoms with Crippen LogP contribution in [0.2, 0.25) is 0 Å². The molecule has 0 aromatic carbocycles. The van der Waals surface area contributed by atoms with E-state index in [0.29, 0.717) is 5.96 Å². The lowest BCUT2D eigenvalue weighted by molar-refractivity contribution is 0.700. The van der Waals surface area contributed by atoms with Crippen LogP contribution in [0.1, 0.15) is 18.5 Å². The summed E-state index contributed by atoms with van der Waals surface area (Å²) < 4.78 is 0. The number of H-pyrrole nitrogens is 1. The largest absolute Gasteiger partial charge is 0.370 e. The Morgan fingerprint density at radius 3 is 2.81 bits per heavy atom. The molecule has 0 bridgehead atoms. The van der Waals surface area contributed by atoms with Gasteiger partial charge in [0, 0.05) is 25.5 Å². The second-order valence-corrected chi connectivity index (χ2v) is 3.07. The first-order valence-electron chi connectivity index (χ1n) is 4.76. The summed E-state index contributed by atoms with van der Waals surface area (Å²) in [5, 5.41) is 3.01. The molecule has 16 heavy (non-hydrogen) atoms. The fourth-order valence-electron chi connectivity index (χ4n) is 1.16. The molecule has 0 amide bonds. The molecule has 0 aliphatic heterocycles. The molecule has 0 unspecified atom stereocenters. The van der Waals surface area contributed by atoms with Crippen LogP contribution in [0.15, 0.2) is 17.5 Å². The van der Waals surface area contributed by atoms with Crippen LogP contribution in [-0.2, 0) is 6.42 Å². The topological polar surface area (TPSA) is 79.1 Å². The van der Waals surface area contributed by atoms with Gasteiger partial charge in [-0.15, -0.1) is 24.8 Å². The van der Waals surface area contributed by atoms with Gasteiger partial charge in [-0.05, 0) is 19.3 Å². The molecule has 0 aliphatic carbocycles. The zero-order valence-corrected chi connectivity index (χ0v) is 10.9. The van der Waals surface area contributed by atoms with E-state index in [0.717, 1.165) is 25.8 Å². The molecule has 0 fully saturated rings. The Kier molecular flexibility index (Phi) is 11.5. The highest BCUT2D eigenvalue weighted by molar-refractivity contribution is 5.85. The standard InChI is InChI=1S/C9H17N5.2ClH/c1-11-9(10)13-5-3-2-4-8-6-12-7-14-8;;/h6-7H,2-5H2,1H3,(H,12,14)(H3,10,11,13);2*1H. The minimum absolute atomic E-state index is 0. The third-order valence-electron chi connectivity index (χ3n) is 1.97. The summed E-state index contributed by atoms with van der Waals surface area (Å²) in [5.74, 6) is 0.506. The number of nitrogens with two attached hydrogens (primary N) is 1. The van der Waals surface area contributed by atoms with Gasteiger partial charge in [-0.25, -0.2) is 4.98 Å². The van der Waals surface area contributed by atoms with Crippen LogP contribution < -0.4 is 11.1 Å². The third kappa shape index (κ3) is 7.36. The van der Waals surface area contributed by atoms with Gasteiger partial charge < -0.3 is 16.0 Å². The van der Waals surface area contributed by atoms with Crippen LogP contribution in [0.4, 0.5) is 0 Å². The summed E-state index contributed by atoms with van der Waals surface area (Å²) in [7, 11) is 1.67. The van der Waals surface area contributed by atoms with E-state index in [1.807, 2.05) is 6.20 Å². The summed E-state index contributed by atoms with van der Waals surface area (Å²) in [5.41, 5.74) is 6.66. The quantitative estimate of drug-likeness (QED) is 0.425. The van der Waals surface area contributed by atoms with Crippen molar-refractivity contribution in [3.63, 3.8) is 0 Å². The molecule has 0 saturated carbocycles. The Balaban J connectivity index is 0. The van der Waals surface area contributed by atoms with Crippen molar-refractivity contribution >= 4 is 30.8 Å². The number of hydrogen-bond acceptors (Lipinski definition) is 2. The normalized spacial score (nSPS) is 10.2. The fourth-order valence-corrected chi connectivity index (χ4v) is 1.16. The van der Waals surface area contributed by atoms with Gasteiger partial charge in [0.1, 0.15) is 0 Å². The lowest BCUT2D eigenvalue weighted by Gasteiger charge is -2.03. The number of aromatic nitrogens is 2. The molecule has 94 valence electrons. The maximum absolute atomic E-state index is 5.47. The van der Waals surface area contributed by atoms with Crippen molar-refractivity contribution in [2.24, 2.45) is 10.7 Å². The Bertz CT molecular complexity index is 273. The van der Waals surface area contributed by atoms with E-state index < -0.39 is 0 Å². The molecule has 4 N–H and O–H groups in total. The average molecular weight is 268 g/mol. The smallest absolute Gasteiger partial charge is 0.188 e. The van der Waals surface area contributed by atoms with E-state index in [4.69, 9.17) is 5.73 Å². The van der Waals surface area contributed by atoms with Crippen molar-refractivity contribution < 1.29 is 0 Å². The second-order valence-electron chi connectivity index (χ2n) is 3.07. The number of nitrogens with zero attached hydrogens (tertiary/aromatic N) is 2. The first-order chi connectivity index (χ1) is 6.83. The van der Waals surface area contributed by atoms with Gasteiger partial charge in [-0.2, -0.15) is 0 Å². The summed E-state index contributed by atoms with van der Waals surface area (Å²) in [4.78, 5) is 10.8. The Morgan fingerprint density at radius 2 is 2.25 bits per heavy atom. The van der Waals surface area contributed by atoms with Crippen molar-refractivity contribution in [1.82, 2.24) is 15.3 Å². The summed E-state index contributed by atoms with van der Waals surface area (Å²) in [6, 6.07) is 0. The first-order valence-corrected chi connectivity index (χ1v) is 4.76. The third-order valence-corrected chi connectivity index (χ3v) is 1.97. The molecule has 1 rings (SSSR count). The number of aromatic amines is 1. The number of nitrogens with one attached hydrogen (secondary N) is 2. The van der Waals surface area contributed by atoms with E-state index in [1.54, 1.807) is 13.4 Å². The van der Waals surface area contributed by atoms with Crippen LogP contribution in [0, 0.1) is 0 Å². The van der Waals surface area contributed by atoms with Crippen molar-refractivity contribution in [2.75, 3.05) is 13.6 Å². The van der Waals surface area contributed by atoms with Crippen LogP contribution in [0.3, 0.4) is 0 Å². The SMILES string of the molecule is CN=C(N)NCCCCc1cnc[nH]1.Cl.Cl. The number of aliphatic imine (C=N–C) groups is 1. The predicted octanol–water partition coefficient (Wildman–Crippen LogP) is 1.11. The van der Waals surface area contributed by atoms with Gasteiger partial charge in [0.05, 0.1) is 6.33 Å². The minimum Gasteiger partial charge on any atom is -0.370 e. The van der Waals surface area contributed by atoms with Crippen LogP contribution in [-0.4, -0.2) is 29.5 Å². The van der Waals surface area contributed by atoms with Crippen LogP contribution >= 0.6 is 24.8 Å². The van der Waals surface area contributed by atoms with E-state index in [1.165, 1.54) is 5.69 Å². The zero-order chi connectivity index (χ0) is 10.2. The summed E-state index contributed by atoms with van der Waals surface area (Å²) in [6.45, 7) is 0.872. The molecule has 1 heterocycles. The van der Waals surface area contributed by atoms with Crippen LogP contribution in [0.5, 0.6) is 0 Å². The van der Waals surface area contributed by atoms with Crippen molar-refractivity contribution in [1.29, 1.82) is 0 Å². The molecule has 7 heteroatoms. The van der Waals surface area contributed by atoms with Crippen molar-refractivity contribution in [3.8, 4) is 0 Å². The fraction of sp³-hybridized carbons (Fsp3) is 0.556. The molecule has 0 saturated heterocycles. The van der Waals surface area contributed by atoms with E-state index >= 15 is 0 Å². The lowest BCUT2D eigenvalue weighted by Crippen LogP contribution is -2.32. The maximum atomic E-state index is 5.47. The maximum Gasteiger partial charge on any atom is 0.188 e. The van der Waals surface area contributed by atoms with Gasteiger partial charge in [-0.3, -0.25) is 4.99 Å². The van der Waals surface area contributed by atoms with Crippen molar-refractivity contribution in [3.05, 3.63) is 18.2 Å². The lowest BCUT2D eigenvalue weighted by atomic mass is 10.2. The molecule has 0 radical (unpaired) electrons. The highest BCUT2D eigenvalue weighted by Gasteiger charge is 1.94. The average Bonchev–Trinajstić information content (AvgIpc) is 2.69. The number of aryl methyl sites for hydroxylation is 1. The Labute approximate surface area is 108 Å². The number of guanidine groups is 1. The zero-order valence-electron chi connectivity index (χ0n) is 9.27. The van der Waals surface area contributed by atoms with E-state index in [2.05, 4.69) is 20.3 Å². The summed E-state index contributed by atoms with van der Waals surface area (Å²) in [6.07, 6.45) is 6.79. The van der Waals surface area contributed by atoms with Gasteiger partial charge >= 0.3 is 0 Å². The molecule has 1 aromatic heterocycles. The molecule has 5 nitrogen and oxygen atoms in total. The first kappa shape index (κ1) is 17.5.